The lowest BCUT2D eigenvalue weighted by Crippen LogP contribution is -2.47. The van der Waals surface area contributed by atoms with Crippen LogP contribution < -0.4 is 5.32 Å². The van der Waals surface area contributed by atoms with Gasteiger partial charge in [0.1, 0.15) is 18.8 Å². The third kappa shape index (κ3) is 2.97. The molecule has 1 atom stereocenters. The van der Waals surface area contributed by atoms with Crippen LogP contribution in [0.2, 0.25) is 0 Å². The van der Waals surface area contributed by atoms with Gasteiger partial charge in [0.15, 0.2) is 0 Å². The van der Waals surface area contributed by atoms with Crippen molar-refractivity contribution in [2.24, 2.45) is 0 Å². The van der Waals surface area contributed by atoms with E-state index in [0.29, 0.717) is 6.42 Å². The lowest BCUT2D eigenvalue weighted by molar-refractivity contribution is -0.139. The standard InChI is InChI=1S/C10H15NO4/c1-3-5-8(12)14-6-10(4-2)7-15-9(13)11-10/h3,5H,4,6-7H2,1-2H3,(H,11,13)/b5-3+. The number of alkyl carbamates (subject to hydrolysis) is 1. The van der Waals surface area contributed by atoms with Gasteiger partial charge in [-0.05, 0) is 13.3 Å². The highest BCUT2D eigenvalue weighted by Gasteiger charge is 2.39. The van der Waals surface area contributed by atoms with E-state index in [-0.39, 0.29) is 13.2 Å². The Kier molecular flexibility index (Phi) is 3.71. The molecule has 0 saturated carbocycles. The van der Waals surface area contributed by atoms with Gasteiger partial charge in [0.25, 0.3) is 0 Å². The van der Waals surface area contributed by atoms with Crippen LogP contribution in [0.3, 0.4) is 0 Å². The van der Waals surface area contributed by atoms with E-state index in [1.807, 2.05) is 6.92 Å². The Morgan fingerprint density at radius 2 is 2.47 bits per heavy atom. The first-order valence-electron chi connectivity index (χ1n) is 4.86. The van der Waals surface area contributed by atoms with Gasteiger partial charge in [0, 0.05) is 6.08 Å². The SMILES string of the molecule is C/C=C/C(=O)OCC1(CC)COC(=O)N1. The molecule has 1 amide bonds. The maximum absolute atomic E-state index is 11.1. The summed E-state index contributed by atoms with van der Waals surface area (Å²) < 4.78 is 9.78. The molecule has 84 valence electrons. The quantitative estimate of drug-likeness (QED) is 0.558. The first kappa shape index (κ1) is 11.6. The number of carbonyl (C=O) groups excluding carboxylic acids is 2. The first-order chi connectivity index (χ1) is 7.12. The fourth-order valence-electron chi connectivity index (χ4n) is 1.26. The van der Waals surface area contributed by atoms with Crippen LogP contribution in [0.5, 0.6) is 0 Å². The number of cyclic esters (lactones) is 1. The Labute approximate surface area is 88.4 Å². The zero-order chi connectivity index (χ0) is 11.3. The van der Waals surface area contributed by atoms with E-state index in [0.717, 1.165) is 0 Å². The summed E-state index contributed by atoms with van der Waals surface area (Å²) in [5.74, 6) is -0.411. The molecule has 1 heterocycles. The summed E-state index contributed by atoms with van der Waals surface area (Å²) >= 11 is 0. The highest BCUT2D eigenvalue weighted by atomic mass is 16.6. The van der Waals surface area contributed by atoms with Crippen molar-refractivity contribution in [3.63, 3.8) is 0 Å². The van der Waals surface area contributed by atoms with E-state index in [9.17, 15) is 9.59 Å². The Hall–Kier alpha value is -1.52. The van der Waals surface area contributed by atoms with Crippen molar-refractivity contribution in [3.8, 4) is 0 Å². The molecule has 1 aliphatic rings. The summed E-state index contributed by atoms with van der Waals surface area (Å²) in [7, 11) is 0. The van der Waals surface area contributed by atoms with Crippen molar-refractivity contribution in [2.75, 3.05) is 13.2 Å². The number of carbonyl (C=O) groups is 2. The molecule has 1 aliphatic heterocycles. The Bertz CT molecular complexity index is 287. The molecule has 0 radical (unpaired) electrons. The van der Waals surface area contributed by atoms with E-state index in [4.69, 9.17) is 9.47 Å². The van der Waals surface area contributed by atoms with Gasteiger partial charge in [-0.25, -0.2) is 9.59 Å². The van der Waals surface area contributed by atoms with Crippen molar-refractivity contribution in [2.45, 2.75) is 25.8 Å². The van der Waals surface area contributed by atoms with Crippen molar-refractivity contribution in [1.29, 1.82) is 0 Å². The third-order valence-electron chi connectivity index (χ3n) is 2.32. The van der Waals surface area contributed by atoms with E-state index in [1.165, 1.54) is 6.08 Å². The normalized spacial score (nSPS) is 25.1. The van der Waals surface area contributed by atoms with Crippen LogP contribution in [0.25, 0.3) is 0 Å². The van der Waals surface area contributed by atoms with Crippen molar-refractivity contribution >= 4 is 12.1 Å². The van der Waals surface area contributed by atoms with Crippen LogP contribution in [0.4, 0.5) is 4.79 Å². The lowest BCUT2D eigenvalue weighted by Gasteiger charge is -2.23. The highest BCUT2D eigenvalue weighted by Crippen LogP contribution is 2.17. The van der Waals surface area contributed by atoms with Crippen molar-refractivity contribution in [1.82, 2.24) is 5.32 Å². The van der Waals surface area contributed by atoms with Crippen LogP contribution in [-0.2, 0) is 14.3 Å². The van der Waals surface area contributed by atoms with Gasteiger partial charge in [-0.1, -0.05) is 13.0 Å². The Morgan fingerprint density at radius 3 is 2.93 bits per heavy atom. The van der Waals surface area contributed by atoms with Gasteiger partial charge in [-0.15, -0.1) is 0 Å². The van der Waals surface area contributed by atoms with Gasteiger partial charge in [0.2, 0.25) is 0 Å². The minimum Gasteiger partial charge on any atom is -0.460 e. The number of nitrogens with one attached hydrogen (secondary N) is 1. The van der Waals surface area contributed by atoms with E-state index < -0.39 is 17.6 Å². The largest absolute Gasteiger partial charge is 0.460 e. The Balaban J connectivity index is 2.47. The van der Waals surface area contributed by atoms with E-state index in [1.54, 1.807) is 13.0 Å². The number of ether oxygens (including phenoxy) is 2. The first-order valence-corrected chi connectivity index (χ1v) is 4.86. The molecule has 0 aromatic carbocycles. The second-order valence-electron chi connectivity index (χ2n) is 3.44. The fourth-order valence-corrected chi connectivity index (χ4v) is 1.26. The van der Waals surface area contributed by atoms with Gasteiger partial charge in [-0.2, -0.15) is 0 Å². The van der Waals surface area contributed by atoms with Crippen LogP contribution in [0, 0.1) is 0 Å². The number of amides is 1. The molecular weight excluding hydrogens is 198 g/mol. The predicted octanol–water partition coefficient (Wildman–Crippen LogP) is 0.994. The number of hydrogen-bond acceptors (Lipinski definition) is 4. The monoisotopic (exact) mass is 213 g/mol. The average Bonchev–Trinajstić information content (AvgIpc) is 2.59. The van der Waals surface area contributed by atoms with Crippen LogP contribution in [0.15, 0.2) is 12.2 Å². The summed E-state index contributed by atoms with van der Waals surface area (Å²) in [5, 5.41) is 2.65. The average molecular weight is 213 g/mol. The van der Waals surface area contributed by atoms with Crippen LogP contribution in [-0.4, -0.2) is 30.8 Å². The molecule has 0 aliphatic carbocycles. The minimum atomic E-state index is -0.561. The van der Waals surface area contributed by atoms with Gasteiger partial charge in [0.05, 0.1) is 0 Å². The molecule has 0 aromatic heterocycles. The summed E-state index contributed by atoms with van der Waals surface area (Å²) in [5.41, 5.74) is -0.561. The minimum absolute atomic E-state index is 0.137. The predicted molar refractivity (Wildman–Crippen MR) is 53.3 cm³/mol. The summed E-state index contributed by atoms with van der Waals surface area (Å²) in [4.78, 5) is 22.0. The number of hydrogen-bond donors (Lipinski definition) is 1. The Morgan fingerprint density at radius 1 is 1.73 bits per heavy atom. The second-order valence-corrected chi connectivity index (χ2v) is 3.44. The molecule has 15 heavy (non-hydrogen) atoms. The summed E-state index contributed by atoms with van der Waals surface area (Å²) in [6.45, 7) is 4.01. The van der Waals surface area contributed by atoms with Crippen LogP contribution >= 0.6 is 0 Å². The summed E-state index contributed by atoms with van der Waals surface area (Å²) in [6, 6.07) is 0. The molecule has 1 unspecified atom stereocenters. The molecule has 5 nitrogen and oxygen atoms in total. The number of allylic oxidation sites excluding steroid dienone is 1. The molecule has 1 fully saturated rings. The molecule has 5 heteroatoms. The van der Waals surface area contributed by atoms with Crippen molar-refractivity contribution in [3.05, 3.63) is 12.2 Å². The van der Waals surface area contributed by atoms with Gasteiger partial charge < -0.3 is 14.8 Å². The third-order valence-corrected chi connectivity index (χ3v) is 2.32. The summed E-state index contributed by atoms with van der Waals surface area (Å²) in [6.07, 6.45) is 3.13. The van der Waals surface area contributed by atoms with Gasteiger partial charge in [-0.3, -0.25) is 0 Å². The molecule has 1 N–H and O–H groups in total. The smallest absolute Gasteiger partial charge is 0.407 e. The van der Waals surface area contributed by atoms with E-state index >= 15 is 0 Å². The van der Waals surface area contributed by atoms with Gasteiger partial charge >= 0.3 is 12.1 Å². The molecule has 1 saturated heterocycles. The molecular formula is C10H15NO4. The van der Waals surface area contributed by atoms with Crippen LogP contribution in [0.1, 0.15) is 20.3 Å². The molecule has 0 spiro atoms. The number of rotatable bonds is 4. The van der Waals surface area contributed by atoms with E-state index in [2.05, 4.69) is 5.32 Å². The molecule has 1 rings (SSSR count). The zero-order valence-corrected chi connectivity index (χ0v) is 8.91. The highest BCUT2D eigenvalue weighted by molar-refractivity contribution is 5.81. The molecule has 0 aromatic rings. The lowest BCUT2D eigenvalue weighted by atomic mass is 10.00. The maximum Gasteiger partial charge on any atom is 0.407 e. The van der Waals surface area contributed by atoms with Crippen molar-refractivity contribution < 1.29 is 19.1 Å². The maximum atomic E-state index is 11.1. The second kappa shape index (κ2) is 4.82. The topological polar surface area (TPSA) is 64.6 Å². The molecule has 0 bridgehead atoms. The number of esters is 1. The zero-order valence-electron chi connectivity index (χ0n) is 8.91. The fraction of sp³-hybridized carbons (Fsp3) is 0.600.